The monoisotopic (exact) mass is 194 g/mol. The van der Waals surface area contributed by atoms with Crippen LogP contribution in [0.3, 0.4) is 0 Å². The second kappa shape index (κ2) is 3.11. The molecule has 1 aliphatic heterocycles. The first-order valence-corrected chi connectivity index (χ1v) is 5.38. The maximum atomic E-state index is 11.6. The lowest BCUT2D eigenvalue weighted by Gasteiger charge is -2.37. The molecule has 0 spiro atoms. The van der Waals surface area contributed by atoms with E-state index < -0.39 is 13.4 Å². The van der Waals surface area contributed by atoms with Gasteiger partial charge in [0.15, 0.2) is 0 Å². The van der Waals surface area contributed by atoms with Gasteiger partial charge in [0.2, 0.25) is 0 Å². The fraction of sp³-hybridized carbons (Fsp3) is 1.00. The van der Waals surface area contributed by atoms with Crippen molar-refractivity contribution in [3.05, 3.63) is 0 Å². The van der Waals surface area contributed by atoms with Gasteiger partial charge in [0.25, 0.3) is 0 Å². The van der Waals surface area contributed by atoms with Gasteiger partial charge in [0.05, 0.1) is 11.7 Å². The van der Waals surface area contributed by atoms with Gasteiger partial charge < -0.3 is 0 Å². The molecule has 4 nitrogen and oxygen atoms in total. The quantitative estimate of drug-likeness (QED) is 0.601. The Bertz CT molecular complexity index is 213. The summed E-state index contributed by atoms with van der Waals surface area (Å²) in [7, 11) is -1.94. The first kappa shape index (κ1) is 10.2. The van der Waals surface area contributed by atoms with Crippen LogP contribution in [0.1, 0.15) is 27.2 Å². The van der Waals surface area contributed by atoms with E-state index in [9.17, 15) is 4.57 Å². The Hall–Kier alpha value is 0.110. The summed E-state index contributed by atoms with van der Waals surface area (Å²) < 4.78 is 26.5. The highest BCUT2D eigenvalue weighted by atomic mass is 31.2. The van der Waals surface area contributed by atoms with E-state index in [0.29, 0.717) is 0 Å². The Morgan fingerprint density at radius 3 is 2.58 bits per heavy atom. The second-order valence-corrected chi connectivity index (χ2v) is 5.25. The molecule has 1 rings (SSSR count). The molecule has 1 aliphatic rings. The van der Waals surface area contributed by atoms with Crippen molar-refractivity contribution < 1.29 is 18.1 Å². The van der Waals surface area contributed by atoms with Crippen LogP contribution in [0.5, 0.6) is 0 Å². The summed E-state index contributed by atoms with van der Waals surface area (Å²) in [6, 6.07) is 0. The van der Waals surface area contributed by atoms with E-state index >= 15 is 0 Å². The minimum Gasteiger partial charge on any atom is -0.290 e. The van der Waals surface area contributed by atoms with E-state index in [2.05, 4.69) is 0 Å². The molecule has 72 valence electrons. The fourth-order valence-electron chi connectivity index (χ4n) is 1.39. The van der Waals surface area contributed by atoms with E-state index in [4.69, 9.17) is 13.6 Å². The predicted molar refractivity (Wildman–Crippen MR) is 44.9 cm³/mol. The molecule has 0 radical (unpaired) electrons. The molecular formula is C7H15O4P. The molecule has 0 aromatic carbocycles. The standard InChI is InChI=1S/C7H15O4P/c1-6-5-7(2,3)11-12(8,9-4)10-6/h6H,5H2,1-4H3/t6-,12-/m1/s1. The number of phosphoric acid groups is 1. The Morgan fingerprint density at radius 1 is 1.58 bits per heavy atom. The molecule has 12 heavy (non-hydrogen) atoms. The summed E-state index contributed by atoms with van der Waals surface area (Å²) in [5, 5.41) is 0. The van der Waals surface area contributed by atoms with Gasteiger partial charge in [-0.1, -0.05) is 0 Å². The van der Waals surface area contributed by atoms with Gasteiger partial charge in [0, 0.05) is 13.5 Å². The summed E-state index contributed by atoms with van der Waals surface area (Å²) in [5.41, 5.74) is -0.427. The molecule has 0 aromatic heterocycles. The smallest absolute Gasteiger partial charge is 0.290 e. The molecular weight excluding hydrogens is 179 g/mol. The Balaban J connectivity index is 2.77. The summed E-state index contributed by atoms with van der Waals surface area (Å²) in [5.74, 6) is 0. The number of rotatable bonds is 1. The van der Waals surface area contributed by atoms with Crippen molar-refractivity contribution in [1.29, 1.82) is 0 Å². The van der Waals surface area contributed by atoms with Crippen molar-refractivity contribution in [2.75, 3.05) is 7.11 Å². The number of phosphoric ester groups is 1. The van der Waals surface area contributed by atoms with Crippen molar-refractivity contribution in [2.24, 2.45) is 0 Å². The van der Waals surface area contributed by atoms with Gasteiger partial charge in [0.1, 0.15) is 0 Å². The van der Waals surface area contributed by atoms with E-state index in [-0.39, 0.29) is 6.10 Å². The average Bonchev–Trinajstić information content (AvgIpc) is 1.82. The minimum absolute atomic E-state index is 0.0838. The first-order valence-electron chi connectivity index (χ1n) is 3.92. The maximum absolute atomic E-state index is 11.6. The number of hydrogen-bond acceptors (Lipinski definition) is 4. The van der Waals surface area contributed by atoms with E-state index in [1.54, 1.807) is 0 Å². The van der Waals surface area contributed by atoms with Crippen LogP contribution in [0.4, 0.5) is 0 Å². The molecule has 0 unspecified atom stereocenters. The molecule has 1 fully saturated rings. The van der Waals surface area contributed by atoms with Gasteiger partial charge >= 0.3 is 7.82 Å². The maximum Gasteiger partial charge on any atom is 0.475 e. The van der Waals surface area contributed by atoms with E-state index in [0.717, 1.165) is 6.42 Å². The zero-order chi connectivity index (χ0) is 9.41. The van der Waals surface area contributed by atoms with Crippen molar-refractivity contribution in [3.8, 4) is 0 Å². The zero-order valence-electron chi connectivity index (χ0n) is 7.86. The van der Waals surface area contributed by atoms with Crippen LogP contribution in [0, 0.1) is 0 Å². The van der Waals surface area contributed by atoms with Crippen molar-refractivity contribution in [3.63, 3.8) is 0 Å². The SMILES string of the molecule is CO[P@]1(=O)O[C@H](C)CC(C)(C)O1. The highest BCUT2D eigenvalue weighted by Crippen LogP contribution is 2.57. The van der Waals surface area contributed by atoms with Gasteiger partial charge in [-0.2, -0.15) is 0 Å². The molecule has 1 saturated heterocycles. The van der Waals surface area contributed by atoms with Gasteiger partial charge in [-0.25, -0.2) is 4.57 Å². The van der Waals surface area contributed by atoms with Crippen LogP contribution in [-0.2, 0) is 18.1 Å². The van der Waals surface area contributed by atoms with Crippen molar-refractivity contribution in [1.82, 2.24) is 0 Å². The van der Waals surface area contributed by atoms with Crippen molar-refractivity contribution >= 4 is 7.82 Å². The highest BCUT2D eigenvalue weighted by molar-refractivity contribution is 7.48. The average molecular weight is 194 g/mol. The molecule has 0 bridgehead atoms. The van der Waals surface area contributed by atoms with Crippen LogP contribution in [0.25, 0.3) is 0 Å². The van der Waals surface area contributed by atoms with Gasteiger partial charge in [-0.05, 0) is 20.8 Å². The van der Waals surface area contributed by atoms with Crippen molar-refractivity contribution in [2.45, 2.75) is 38.9 Å². The van der Waals surface area contributed by atoms with Crippen LogP contribution in [-0.4, -0.2) is 18.8 Å². The minimum atomic E-state index is -3.27. The summed E-state index contributed by atoms with van der Waals surface area (Å²) in [4.78, 5) is 0. The third-order valence-electron chi connectivity index (χ3n) is 1.67. The summed E-state index contributed by atoms with van der Waals surface area (Å²) >= 11 is 0. The Kier molecular flexibility index (Phi) is 2.64. The fourth-order valence-corrected chi connectivity index (χ4v) is 2.79. The lowest BCUT2D eigenvalue weighted by molar-refractivity contribution is -0.0425. The van der Waals surface area contributed by atoms with E-state index in [1.165, 1.54) is 7.11 Å². The van der Waals surface area contributed by atoms with Crippen LogP contribution < -0.4 is 0 Å². The predicted octanol–water partition coefficient (Wildman–Crippen LogP) is 2.34. The van der Waals surface area contributed by atoms with Crippen LogP contribution >= 0.6 is 7.82 Å². The molecule has 0 amide bonds. The largest absolute Gasteiger partial charge is 0.475 e. The Morgan fingerprint density at radius 2 is 2.17 bits per heavy atom. The second-order valence-electron chi connectivity index (χ2n) is 3.60. The molecule has 1 heterocycles. The lowest BCUT2D eigenvalue weighted by atomic mass is 10.0. The normalized spacial score (nSPS) is 41.2. The molecule has 0 aliphatic carbocycles. The molecule has 0 aromatic rings. The van der Waals surface area contributed by atoms with Gasteiger partial charge in [-0.3, -0.25) is 13.6 Å². The number of hydrogen-bond donors (Lipinski definition) is 0. The molecule has 0 N–H and O–H groups in total. The zero-order valence-corrected chi connectivity index (χ0v) is 8.76. The summed E-state index contributed by atoms with van der Waals surface area (Å²) in [6.07, 6.45) is 0.639. The van der Waals surface area contributed by atoms with Crippen LogP contribution in [0.2, 0.25) is 0 Å². The Labute approximate surface area is 72.8 Å². The molecule has 5 heteroatoms. The summed E-state index contributed by atoms with van der Waals surface area (Å²) in [6.45, 7) is 5.60. The van der Waals surface area contributed by atoms with Gasteiger partial charge in [-0.15, -0.1) is 0 Å². The molecule has 0 saturated carbocycles. The topological polar surface area (TPSA) is 44.8 Å². The van der Waals surface area contributed by atoms with E-state index in [1.807, 2.05) is 20.8 Å². The van der Waals surface area contributed by atoms with Crippen LogP contribution in [0.15, 0.2) is 0 Å². The lowest BCUT2D eigenvalue weighted by Crippen LogP contribution is -2.34. The first-order chi connectivity index (χ1) is 5.37. The third-order valence-corrected chi connectivity index (χ3v) is 3.45. The highest BCUT2D eigenvalue weighted by Gasteiger charge is 2.42. The molecule has 2 atom stereocenters. The third kappa shape index (κ3) is 2.30.